The fraction of sp³-hybridized carbons (Fsp3) is 0.692. The number of aromatic nitrogens is 2. The van der Waals surface area contributed by atoms with E-state index >= 15 is 0 Å². The van der Waals surface area contributed by atoms with E-state index in [1.54, 1.807) is 6.20 Å². The minimum atomic E-state index is 0.926. The summed E-state index contributed by atoms with van der Waals surface area (Å²) >= 11 is 0. The first-order chi connectivity index (χ1) is 8.75. The number of nitrogens with one attached hydrogen (secondary N) is 2. The average Bonchev–Trinajstić information content (AvgIpc) is 2.40. The van der Waals surface area contributed by atoms with Crippen molar-refractivity contribution in [3.05, 3.63) is 17.6 Å². The Hall–Kier alpha value is -1.20. The second kappa shape index (κ2) is 6.66. The SMILES string of the molecule is Cc1cnc(C)c(NCCCN2CCNCC2)n1. The molecule has 1 aliphatic heterocycles. The Balaban J connectivity index is 1.69. The largest absolute Gasteiger partial charge is 0.369 e. The van der Waals surface area contributed by atoms with Crippen molar-refractivity contribution in [2.45, 2.75) is 20.3 Å². The lowest BCUT2D eigenvalue weighted by Gasteiger charge is -2.27. The first-order valence-corrected chi connectivity index (χ1v) is 6.73. The number of piperazine rings is 1. The Morgan fingerprint density at radius 2 is 2.11 bits per heavy atom. The van der Waals surface area contributed by atoms with Gasteiger partial charge < -0.3 is 15.5 Å². The standard InChI is InChI=1S/C13H23N5/c1-11-10-16-12(2)13(17-11)15-4-3-7-18-8-5-14-6-9-18/h10,14H,3-9H2,1-2H3,(H,15,17). The molecule has 5 nitrogen and oxygen atoms in total. The molecule has 1 aromatic heterocycles. The molecule has 0 aliphatic carbocycles. The molecule has 18 heavy (non-hydrogen) atoms. The molecule has 0 spiro atoms. The van der Waals surface area contributed by atoms with Crippen LogP contribution in [0, 0.1) is 13.8 Å². The predicted octanol–water partition coefficient (Wildman–Crippen LogP) is 0.801. The quantitative estimate of drug-likeness (QED) is 0.756. The maximum Gasteiger partial charge on any atom is 0.147 e. The molecule has 0 aromatic carbocycles. The fourth-order valence-corrected chi connectivity index (χ4v) is 2.15. The Bertz CT molecular complexity index is 374. The second-order valence-corrected chi connectivity index (χ2v) is 4.82. The summed E-state index contributed by atoms with van der Waals surface area (Å²) in [4.78, 5) is 11.3. The summed E-state index contributed by atoms with van der Waals surface area (Å²) in [7, 11) is 0. The van der Waals surface area contributed by atoms with Crippen molar-refractivity contribution >= 4 is 5.82 Å². The van der Waals surface area contributed by atoms with Crippen LogP contribution < -0.4 is 10.6 Å². The summed E-state index contributed by atoms with van der Waals surface area (Å²) in [6, 6.07) is 0. The molecule has 2 heterocycles. The normalized spacial score (nSPS) is 16.8. The summed E-state index contributed by atoms with van der Waals surface area (Å²) < 4.78 is 0. The highest BCUT2D eigenvalue weighted by molar-refractivity contribution is 5.39. The van der Waals surface area contributed by atoms with Gasteiger partial charge in [-0.05, 0) is 26.8 Å². The van der Waals surface area contributed by atoms with Gasteiger partial charge in [0.2, 0.25) is 0 Å². The van der Waals surface area contributed by atoms with E-state index in [1.807, 2.05) is 13.8 Å². The van der Waals surface area contributed by atoms with E-state index in [-0.39, 0.29) is 0 Å². The lowest BCUT2D eigenvalue weighted by molar-refractivity contribution is 0.240. The van der Waals surface area contributed by atoms with Crippen LogP contribution in [0.3, 0.4) is 0 Å². The van der Waals surface area contributed by atoms with E-state index in [1.165, 1.54) is 13.1 Å². The fourth-order valence-electron chi connectivity index (χ4n) is 2.15. The van der Waals surface area contributed by atoms with Gasteiger partial charge in [-0.3, -0.25) is 4.98 Å². The Morgan fingerprint density at radius 1 is 1.33 bits per heavy atom. The zero-order chi connectivity index (χ0) is 12.8. The molecule has 1 aliphatic rings. The van der Waals surface area contributed by atoms with Gasteiger partial charge in [0.25, 0.3) is 0 Å². The topological polar surface area (TPSA) is 53.1 Å². The van der Waals surface area contributed by atoms with Crippen molar-refractivity contribution in [1.82, 2.24) is 20.2 Å². The number of hydrogen-bond acceptors (Lipinski definition) is 5. The zero-order valence-electron chi connectivity index (χ0n) is 11.4. The Morgan fingerprint density at radius 3 is 2.89 bits per heavy atom. The highest BCUT2D eigenvalue weighted by atomic mass is 15.2. The number of nitrogens with zero attached hydrogens (tertiary/aromatic N) is 3. The van der Waals surface area contributed by atoms with Crippen LogP contribution in [0.15, 0.2) is 6.20 Å². The van der Waals surface area contributed by atoms with E-state index < -0.39 is 0 Å². The van der Waals surface area contributed by atoms with Crippen molar-refractivity contribution in [2.24, 2.45) is 0 Å². The van der Waals surface area contributed by atoms with Crippen LogP contribution in [-0.4, -0.2) is 54.1 Å². The van der Waals surface area contributed by atoms with Crippen molar-refractivity contribution < 1.29 is 0 Å². The third-order valence-corrected chi connectivity index (χ3v) is 3.23. The van der Waals surface area contributed by atoms with E-state index in [0.717, 1.165) is 49.8 Å². The summed E-state index contributed by atoms with van der Waals surface area (Å²) in [6.07, 6.45) is 2.95. The zero-order valence-corrected chi connectivity index (χ0v) is 11.4. The summed E-state index contributed by atoms with van der Waals surface area (Å²) in [5.41, 5.74) is 1.94. The van der Waals surface area contributed by atoms with Gasteiger partial charge in [-0.2, -0.15) is 0 Å². The minimum absolute atomic E-state index is 0.926. The number of anilines is 1. The molecule has 1 aromatic rings. The molecule has 100 valence electrons. The third kappa shape index (κ3) is 3.92. The van der Waals surface area contributed by atoms with E-state index in [9.17, 15) is 0 Å². The van der Waals surface area contributed by atoms with Gasteiger partial charge >= 0.3 is 0 Å². The first kappa shape index (κ1) is 13.2. The monoisotopic (exact) mass is 249 g/mol. The van der Waals surface area contributed by atoms with Gasteiger partial charge in [0.15, 0.2) is 0 Å². The number of aryl methyl sites for hydroxylation is 2. The average molecular weight is 249 g/mol. The van der Waals surface area contributed by atoms with Crippen LogP contribution >= 0.6 is 0 Å². The molecule has 5 heteroatoms. The molecule has 0 amide bonds. The number of rotatable bonds is 5. The molecule has 0 atom stereocenters. The van der Waals surface area contributed by atoms with Gasteiger partial charge in [0, 0.05) is 38.9 Å². The van der Waals surface area contributed by atoms with Crippen LogP contribution in [0.2, 0.25) is 0 Å². The van der Waals surface area contributed by atoms with Crippen LogP contribution in [0.5, 0.6) is 0 Å². The molecular weight excluding hydrogens is 226 g/mol. The smallest absolute Gasteiger partial charge is 0.147 e. The van der Waals surface area contributed by atoms with E-state index in [2.05, 4.69) is 25.5 Å². The minimum Gasteiger partial charge on any atom is -0.369 e. The molecule has 1 saturated heterocycles. The molecule has 0 unspecified atom stereocenters. The maximum absolute atomic E-state index is 4.46. The van der Waals surface area contributed by atoms with Gasteiger partial charge in [-0.15, -0.1) is 0 Å². The first-order valence-electron chi connectivity index (χ1n) is 6.73. The van der Waals surface area contributed by atoms with Gasteiger partial charge in [-0.1, -0.05) is 0 Å². The van der Waals surface area contributed by atoms with Gasteiger partial charge in [-0.25, -0.2) is 4.98 Å². The predicted molar refractivity (Wildman–Crippen MR) is 73.9 cm³/mol. The molecule has 0 bridgehead atoms. The highest BCUT2D eigenvalue weighted by Gasteiger charge is 2.08. The van der Waals surface area contributed by atoms with Crippen LogP contribution in [-0.2, 0) is 0 Å². The molecule has 2 N–H and O–H groups in total. The molecule has 1 fully saturated rings. The number of hydrogen-bond donors (Lipinski definition) is 2. The third-order valence-electron chi connectivity index (χ3n) is 3.23. The lowest BCUT2D eigenvalue weighted by Crippen LogP contribution is -2.44. The Labute approximate surface area is 109 Å². The lowest BCUT2D eigenvalue weighted by atomic mass is 10.3. The summed E-state index contributed by atoms with van der Waals surface area (Å²) in [5.74, 6) is 0.926. The van der Waals surface area contributed by atoms with Crippen LogP contribution in [0.1, 0.15) is 17.8 Å². The maximum atomic E-state index is 4.46. The van der Waals surface area contributed by atoms with Crippen molar-refractivity contribution in [1.29, 1.82) is 0 Å². The second-order valence-electron chi connectivity index (χ2n) is 4.82. The van der Waals surface area contributed by atoms with Gasteiger partial charge in [0.1, 0.15) is 5.82 Å². The van der Waals surface area contributed by atoms with Crippen LogP contribution in [0.25, 0.3) is 0 Å². The van der Waals surface area contributed by atoms with Crippen molar-refractivity contribution in [3.63, 3.8) is 0 Å². The van der Waals surface area contributed by atoms with Gasteiger partial charge in [0.05, 0.1) is 11.4 Å². The summed E-state index contributed by atoms with van der Waals surface area (Å²) in [5, 5.41) is 6.75. The van der Waals surface area contributed by atoms with Crippen molar-refractivity contribution in [2.75, 3.05) is 44.6 Å². The van der Waals surface area contributed by atoms with E-state index in [0.29, 0.717) is 0 Å². The summed E-state index contributed by atoms with van der Waals surface area (Å²) in [6.45, 7) is 10.7. The molecule has 2 rings (SSSR count). The molecule has 0 saturated carbocycles. The molecule has 0 radical (unpaired) electrons. The van der Waals surface area contributed by atoms with E-state index in [4.69, 9.17) is 0 Å². The Kier molecular flexibility index (Phi) is 4.90. The highest BCUT2D eigenvalue weighted by Crippen LogP contribution is 2.08. The van der Waals surface area contributed by atoms with Crippen LogP contribution in [0.4, 0.5) is 5.82 Å². The van der Waals surface area contributed by atoms with Crippen molar-refractivity contribution in [3.8, 4) is 0 Å². The molecular formula is C13H23N5.